The molecule has 0 fully saturated rings. The number of H-pyrrole nitrogens is 1. The summed E-state index contributed by atoms with van der Waals surface area (Å²) in [5, 5.41) is 7.11. The summed E-state index contributed by atoms with van der Waals surface area (Å²) < 4.78 is 1.95. The average Bonchev–Trinajstić information content (AvgIpc) is 3.08. The van der Waals surface area contributed by atoms with Gasteiger partial charge < -0.3 is 9.30 Å². The number of carbonyl (C=O) groups excluding carboxylic acids is 1. The van der Waals surface area contributed by atoms with Crippen molar-refractivity contribution >= 4 is 11.6 Å². The maximum absolute atomic E-state index is 12.9. The van der Waals surface area contributed by atoms with Crippen LogP contribution < -0.4 is 0 Å². The summed E-state index contributed by atoms with van der Waals surface area (Å²) in [5.74, 6) is 0.0326. The smallest absolute Gasteiger partial charge is 0.257 e. The molecular formula is C16H17N5O. The molecule has 0 spiro atoms. The fourth-order valence-corrected chi connectivity index (χ4v) is 3.07. The molecule has 4 heterocycles. The number of amides is 1. The molecule has 6 nitrogen and oxygen atoms in total. The van der Waals surface area contributed by atoms with Crippen molar-refractivity contribution in [2.24, 2.45) is 0 Å². The minimum absolute atomic E-state index is 0.0326. The Hall–Kier alpha value is -2.63. The van der Waals surface area contributed by atoms with E-state index in [1.165, 1.54) is 0 Å². The minimum atomic E-state index is 0.0326. The largest absolute Gasteiger partial charge is 0.334 e. The summed E-state index contributed by atoms with van der Waals surface area (Å²) in [6.07, 6.45) is 7.43. The second-order valence-electron chi connectivity index (χ2n) is 5.72. The number of hydrogen-bond acceptors (Lipinski definition) is 3. The fraction of sp³-hybridized carbons (Fsp3) is 0.312. The van der Waals surface area contributed by atoms with Gasteiger partial charge in [0.1, 0.15) is 5.65 Å². The molecule has 0 aromatic carbocycles. The third-order valence-corrected chi connectivity index (χ3v) is 4.26. The van der Waals surface area contributed by atoms with E-state index in [0.29, 0.717) is 12.1 Å². The molecule has 0 aliphatic carbocycles. The molecule has 0 atom stereocenters. The van der Waals surface area contributed by atoms with Crippen LogP contribution in [0.4, 0.5) is 0 Å². The SMILES string of the molecule is Cc1cnc2c(C(=O)N3CCCc4[nH]ncc4C3)cccn12. The molecule has 3 aromatic rings. The number of fused-ring (bicyclic) bond motifs is 2. The van der Waals surface area contributed by atoms with E-state index in [4.69, 9.17) is 0 Å². The van der Waals surface area contributed by atoms with Crippen molar-refractivity contribution in [3.8, 4) is 0 Å². The minimum Gasteiger partial charge on any atom is -0.334 e. The summed E-state index contributed by atoms with van der Waals surface area (Å²) in [7, 11) is 0. The van der Waals surface area contributed by atoms with Crippen LogP contribution in [0.5, 0.6) is 0 Å². The van der Waals surface area contributed by atoms with Gasteiger partial charge in [-0.1, -0.05) is 0 Å². The number of nitrogens with zero attached hydrogens (tertiary/aromatic N) is 4. The van der Waals surface area contributed by atoms with Crippen molar-refractivity contribution in [3.05, 3.63) is 53.2 Å². The Balaban J connectivity index is 1.71. The molecule has 22 heavy (non-hydrogen) atoms. The summed E-state index contributed by atoms with van der Waals surface area (Å²) in [4.78, 5) is 19.2. The molecule has 1 aliphatic heterocycles. The number of rotatable bonds is 1. The molecule has 4 rings (SSSR count). The number of pyridine rings is 1. The Bertz CT molecular complexity index is 847. The highest BCUT2D eigenvalue weighted by Crippen LogP contribution is 2.20. The molecule has 0 saturated carbocycles. The van der Waals surface area contributed by atoms with Crippen molar-refractivity contribution in [2.75, 3.05) is 6.54 Å². The Kier molecular flexibility index (Phi) is 2.96. The van der Waals surface area contributed by atoms with Crippen LogP contribution in [0.3, 0.4) is 0 Å². The Morgan fingerprint density at radius 2 is 2.27 bits per heavy atom. The molecule has 0 bridgehead atoms. The monoisotopic (exact) mass is 295 g/mol. The van der Waals surface area contributed by atoms with E-state index < -0.39 is 0 Å². The molecule has 0 radical (unpaired) electrons. The van der Waals surface area contributed by atoms with Gasteiger partial charge in [0.15, 0.2) is 0 Å². The Morgan fingerprint density at radius 3 is 3.18 bits per heavy atom. The molecular weight excluding hydrogens is 278 g/mol. The number of aromatic amines is 1. The molecule has 1 amide bonds. The van der Waals surface area contributed by atoms with Crippen molar-refractivity contribution in [1.29, 1.82) is 0 Å². The number of carbonyl (C=O) groups is 1. The molecule has 0 unspecified atom stereocenters. The lowest BCUT2D eigenvalue weighted by Gasteiger charge is -2.20. The topological polar surface area (TPSA) is 66.3 Å². The molecule has 1 N–H and O–H groups in total. The van der Waals surface area contributed by atoms with Gasteiger partial charge in [-0.2, -0.15) is 5.10 Å². The lowest BCUT2D eigenvalue weighted by Crippen LogP contribution is -2.31. The van der Waals surface area contributed by atoms with Crippen molar-refractivity contribution < 1.29 is 4.79 Å². The van der Waals surface area contributed by atoms with Gasteiger partial charge in [-0.05, 0) is 31.9 Å². The first kappa shape index (κ1) is 13.1. The molecule has 112 valence electrons. The third kappa shape index (κ3) is 1.99. The highest BCUT2D eigenvalue weighted by atomic mass is 16.2. The fourth-order valence-electron chi connectivity index (χ4n) is 3.07. The summed E-state index contributed by atoms with van der Waals surface area (Å²) in [5.41, 5.74) is 4.66. The second-order valence-corrected chi connectivity index (χ2v) is 5.72. The predicted molar refractivity (Wildman–Crippen MR) is 81.6 cm³/mol. The van der Waals surface area contributed by atoms with Crippen LogP contribution in [0, 0.1) is 6.92 Å². The normalized spacial score (nSPS) is 14.9. The maximum atomic E-state index is 12.9. The van der Waals surface area contributed by atoms with E-state index in [-0.39, 0.29) is 5.91 Å². The quantitative estimate of drug-likeness (QED) is 0.746. The number of hydrogen-bond donors (Lipinski definition) is 1. The Labute approximate surface area is 127 Å². The second kappa shape index (κ2) is 4.98. The van der Waals surface area contributed by atoms with Gasteiger partial charge in [-0.3, -0.25) is 9.89 Å². The van der Waals surface area contributed by atoms with E-state index in [9.17, 15) is 4.79 Å². The van der Waals surface area contributed by atoms with Crippen LogP contribution >= 0.6 is 0 Å². The van der Waals surface area contributed by atoms with E-state index >= 15 is 0 Å². The zero-order chi connectivity index (χ0) is 15.1. The van der Waals surface area contributed by atoms with Crippen LogP contribution in [-0.4, -0.2) is 36.9 Å². The first-order chi connectivity index (χ1) is 10.7. The van der Waals surface area contributed by atoms with E-state index in [1.807, 2.05) is 40.8 Å². The van der Waals surface area contributed by atoms with Gasteiger partial charge >= 0.3 is 0 Å². The predicted octanol–water partition coefficient (Wildman–Crippen LogP) is 1.95. The van der Waals surface area contributed by atoms with Crippen molar-refractivity contribution in [3.63, 3.8) is 0 Å². The highest BCUT2D eigenvalue weighted by Gasteiger charge is 2.23. The Morgan fingerprint density at radius 1 is 1.36 bits per heavy atom. The maximum Gasteiger partial charge on any atom is 0.257 e. The molecule has 6 heteroatoms. The lowest BCUT2D eigenvalue weighted by atomic mass is 10.2. The van der Waals surface area contributed by atoms with Gasteiger partial charge in [0.25, 0.3) is 5.91 Å². The van der Waals surface area contributed by atoms with Crippen LogP contribution in [0.25, 0.3) is 5.65 Å². The van der Waals surface area contributed by atoms with E-state index in [0.717, 1.165) is 42.0 Å². The zero-order valence-corrected chi connectivity index (χ0v) is 12.4. The number of aryl methyl sites for hydroxylation is 2. The number of imidazole rings is 1. The van der Waals surface area contributed by atoms with Gasteiger partial charge in [-0.15, -0.1) is 0 Å². The van der Waals surface area contributed by atoms with E-state index in [2.05, 4.69) is 15.2 Å². The van der Waals surface area contributed by atoms with Crippen molar-refractivity contribution in [1.82, 2.24) is 24.5 Å². The first-order valence-electron chi connectivity index (χ1n) is 7.47. The van der Waals surface area contributed by atoms with Gasteiger partial charge in [0.2, 0.25) is 0 Å². The van der Waals surface area contributed by atoms with Gasteiger partial charge in [0.05, 0.1) is 11.8 Å². The van der Waals surface area contributed by atoms with Crippen LogP contribution in [0.2, 0.25) is 0 Å². The standard InChI is InChI=1S/C16H17N5O/c1-11-8-17-15-13(4-2-7-21(11)15)16(22)20-6-3-5-14-12(10-20)9-18-19-14/h2,4,7-9H,3,5-6,10H2,1H3,(H,18,19). The van der Waals surface area contributed by atoms with Crippen LogP contribution in [0.15, 0.2) is 30.7 Å². The number of aromatic nitrogens is 4. The first-order valence-corrected chi connectivity index (χ1v) is 7.47. The van der Waals surface area contributed by atoms with E-state index in [1.54, 1.807) is 6.20 Å². The van der Waals surface area contributed by atoms with Crippen molar-refractivity contribution in [2.45, 2.75) is 26.3 Å². The summed E-state index contributed by atoms with van der Waals surface area (Å²) in [6, 6.07) is 3.75. The van der Waals surface area contributed by atoms with Crippen LogP contribution in [-0.2, 0) is 13.0 Å². The molecule has 0 saturated heterocycles. The van der Waals surface area contributed by atoms with Crippen LogP contribution in [0.1, 0.15) is 33.7 Å². The number of nitrogens with one attached hydrogen (secondary N) is 1. The third-order valence-electron chi connectivity index (χ3n) is 4.26. The van der Waals surface area contributed by atoms with Gasteiger partial charge in [0, 0.05) is 42.4 Å². The lowest BCUT2D eigenvalue weighted by molar-refractivity contribution is 0.0747. The summed E-state index contributed by atoms with van der Waals surface area (Å²) >= 11 is 0. The summed E-state index contributed by atoms with van der Waals surface area (Å²) in [6.45, 7) is 3.34. The average molecular weight is 295 g/mol. The highest BCUT2D eigenvalue weighted by molar-refractivity contribution is 5.99. The zero-order valence-electron chi connectivity index (χ0n) is 12.4. The van der Waals surface area contributed by atoms with Gasteiger partial charge in [-0.25, -0.2) is 4.98 Å². The molecule has 1 aliphatic rings. The molecule has 3 aromatic heterocycles.